The molecule has 38 heavy (non-hydrogen) atoms. The fraction of sp³-hybridized carbons (Fsp3) is 0.933. The smallest absolute Gasteiger partial charge is 0.183 e. The van der Waals surface area contributed by atoms with E-state index >= 15 is 0 Å². The van der Waals surface area contributed by atoms with Crippen molar-refractivity contribution in [1.82, 2.24) is 0 Å². The number of aliphatic imine (C=N–C) groups is 2. The van der Waals surface area contributed by atoms with Crippen LogP contribution in [0.25, 0.3) is 0 Å². The lowest BCUT2D eigenvalue weighted by Gasteiger charge is -2.36. The fourth-order valence-corrected chi connectivity index (χ4v) is 10.0. The topological polar surface area (TPSA) is 43.2 Å². The minimum atomic E-state index is -1.52. The van der Waals surface area contributed by atoms with Gasteiger partial charge in [-0.2, -0.15) is 0 Å². The molecule has 0 aromatic carbocycles. The normalized spacial score (nSPS) is 34.0. The van der Waals surface area contributed by atoms with Gasteiger partial charge in [0.05, 0.1) is 23.5 Å². The molecule has 0 saturated heterocycles. The molecular weight excluding hydrogens is 636 g/mol. The lowest BCUT2D eigenvalue weighted by Crippen LogP contribution is -2.37. The van der Waals surface area contributed by atoms with Crippen LogP contribution >= 0.6 is 31.9 Å². The van der Waals surface area contributed by atoms with Gasteiger partial charge in [0.15, 0.2) is 16.6 Å². The van der Waals surface area contributed by atoms with E-state index in [2.05, 4.69) is 98.8 Å². The average molecular weight is 695 g/mol. The molecule has 0 aromatic heterocycles. The minimum Gasteiger partial charge on any atom is -0.418 e. The zero-order valence-electron chi connectivity index (χ0n) is 26.2. The molecule has 2 rings (SSSR count). The van der Waals surface area contributed by atoms with Gasteiger partial charge in [0, 0.05) is 22.9 Å². The van der Waals surface area contributed by atoms with Crippen molar-refractivity contribution < 1.29 is 8.85 Å². The summed E-state index contributed by atoms with van der Waals surface area (Å²) in [5.41, 5.74) is 2.52. The van der Waals surface area contributed by atoms with Crippen LogP contribution in [0.3, 0.4) is 0 Å². The molecule has 0 radical (unpaired) electrons. The fourth-order valence-electron chi connectivity index (χ4n) is 6.16. The summed E-state index contributed by atoms with van der Waals surface area (Å²) >= 11 is 7.81. The SMILES string of the molecule is CC1CC(Br)CC(C)C1N=C(CCCO[Si](C)(C)C)C(CCCO[Si](C)(C)C)=NC1C(C)CC(Br)CC1C. The minimum absolute atomic E-state index is 0.369. The van der Waals surface area contributed by atoms with Gasteiger partial charge in [0.25, 0.3) is 0 Å². The van der Waals surface area contributed by atoms with E-state index in [1.54, 1.807) is 0 Å². The molecule has 0 aromatic rings. The maximum absolute atomic E-state index is 6.25. The Morgan fingerprint density at radius 2 is 0.895 bits per heavy atom. The van der Waals surface area contributed by atoms with Gasteiger partial charge >= 0.3 is 0 Å². The second-order valence-electron chi connectivity index (χ2n) is 14.3. The van der Waals surface area contributed by atoms with E-state index in [4.69, 9.17) is 18.8 Å². The van der Waals surface area contributed by atoms with Crippen LogP contribution in [0.2, 0.25) is 39.3 Å². The Kier molecular flexibility index (Phi) is 14.5. The highest BCUT2D eigenvalue weighted by atomic mass is 79.9. The maximum atomic E-state index is 6.25. The number of alkyl halides is 2. The number of rotatable bonds is 13. The van der Waals surface area contributed by atoms with Gasteiger partial charge in [0.2, 0.25) is 0 Å². The Balaban J connectivity index is 2.38. The summed E-state index contributed by atoms with van der Waals surface area (Å²) < 4.78 is 12.5. The van der Waals surface area contributed by atoms with E-state index in [1.807, 2.05) is 0 Å². The van der Waals surface area contributed by atoms with Crippen molar-refractivity contribution >= 4 is 59.9 Å². The molecule has 2 aliphatic carbocycles. The second kappa shape index (κ2) is 15.8. The molecule has 0 aliphatic heterocycles. The Morgan fingerprint density at radius 3 is 1.16 bits per heavy atom. The Hall–Kier alpha value is 0.654. The van der Waals surface area contributed by atoms with E-state index in [1.165, 1.54) is 37.1 Å². The Labute approximate surface area is 254 Å². The molecule has 0 spiro atoms. The van der Waals surface area contributed by atoms with Crippen molar-refractivity contribution in [3.63, 3.8) is 0 Å². The molecule has 0 N–H and O–H groups in total. The van der Waals surface area contributed by atoms with Crippen molar-refractivity contribution in [1.29, 1.82) is 0 Å². The molecule has 2 aliphatic rings. The van der Waals surface area contributed by atoms with Gasteiger partial charge in [-0.3, -0.25) is 9.98 Å². The van der Waals surface area contributed by atoms with Gasteiger partial charge in [-0.25, -0.2) is 0 Å². The van der Waals surface area contributed by atoms with Crippen molar-refractivity contribution in [2.45, 2.75) is 140 Å². The highest BCUT2D eigenvalue weighted by Gasteiger charge is 2.34. The van der Waals surface area contributed by atoms with Crippen molar-refractivity contribution in [2.24, 2.45) is 33.7 Å². The summed E-state index contributed by atoms with van der Waals surface area (Å²) in [6, 6.07) is 0.738. The summed E-state index contributed by atoms with van der Waals surface area (Å²) in [5.74, 6) is 2.31. The van der Waals surface area contributed by atoms with Gasteiger partial charge in [0.1, 0.15) is 0 Å². The van der Waals surface area contributed by atoms with Crippen LogP contribution in [0.15, 0.2) is 9.98 Å². The first-order chi connectivity index (χ1) is 17.6. The highest BCUT2D eigenvalue weighted by molar-refractivity contribution is 9.09. The first-order valence-electron chi connectivity index (χ1n) is 15.3. The molecule has 2 fully saturated rings. The summed E-state index contributed by atoms with van der Waals surface area (Å²) in [6.45, 7) is 24.9. The highest BCUT2D eigenvalue weighted by Crippen LogP contribution is 2.37. The third-order valence-corrected chi connectivity index (χ3v) is 11.6. The molecule has 2 saturated carbocycles. The quantitative estimate of drug-likeness (QED) is 0.0835. The van der Waals surface area contributed by atoms with Crippen molar-refractivity contribution in [2.75, 3.05) is 13.2 Å². The molecule has 8 heteroatoms. The van der Waals surface area contributed by atoms with E-state index in [-0.39, 0.29) is 0 Å². The first kappa shape index (κ1) is 34.9. The number of halogens is 2. The molecule has 0 heterocycles. The largest absolute Gasteiger partial charge is 0.418 e. The molecule has 4 nitrogen and oxygen atoms in total. The van der Waals surface area contributed by atoms with E-state index in [0.29, 0.717) is 45.4 Å². The predicted molar refractivity (Wildman–Crippen MR) is 180 cm³/mol. The summed E-state index contributed by atoms with van der Waals surface area (Å²) in [6.07, 6.45) is 8.75. The summed E-state index contributed by atoms with van der Waals surface area (Å²) in [5, 5.41) is 0. The monoisotopic (exact) mass is 692 g/mol. The predicted octanol–water partition coefficient (Wildman–Crippen LogP) is 9.53. The van der Waals surface area contributed by atoms with E-state index in [0.717, 1.165) is 38.9 Å². The molecule has 4 unspecified atom stereocenters. The van der Waals surface area contributed by atoms with Crippen LogP contribution in [-0.4, -0.2) is 63.0 Å². The molecule has 4 atom stereocenters. The third-order valence-electron chi connectivity index (χ3n) is 7.97. The molecule has 0 bridgehead atoms. The zero-order valence-corrected chi connectivity index (χ0v) is 31.3. The van der Waals surface area contributed by atoms with Crippen molar-refractivity contribution in [3.05, 3.63) is 0 Å². The van der Waals surface area contributed by atoms with E-state index in [9.17, 15) is 0 Å². The molecular formula is C30H58Br2N2O2Si2. The Bertz CT molecular complexity index is 693. The standard InChI is InChI=1S/C30H58Br2N2O2Si2/c1-21-17-25(31)18-22(2)29(21)33-27(13-11-15-35-37(5,6)7)28(14-12-16-36-38(8,9)10)34-30-23(3)19-26(32)20-24(30)4/h21-26,29-30H,11-20H2,1-10H3. The average Bonchev–Trinajstić information content (AvgIpc) is 2.74. The van der Waals surface area contributed by atoms with Crippen LogP contribution in [0, 0.1) is 23.7 Å². The van der Waals surface area contributed by atoms with Crippen LogP contribution < -0.4 is 0 Å². The number of hydrogen-bond acceptors (Lipinski definition) is 4. The van der Waals surface area contributed by atoms with Crippen LogP contribution in [-0.2, 0) is 8.85 Å². The van der Waals surface area contributed by atoms with Crippen molar-refractivity contribution in [3.8, 4) is 0 Å². The molecule has 0 amide bonds. The molecule has 222 valence electrons. The van der Waals surface area contributed by atoms with Gasteiger partial charge in [-0.1, -0.05) is 59.6 Å². The van der Waals surface area contributed by atoms with E-state index < -0.39 is 16.6 Å². The second-order valence-corrected chi connectivity index (χ2v) is 25.9. The number of hydrogen-bond donors (Lipinski definition) is 0. The van der Waals surface area contributed by atoms with Gasteiger partial charge in [-0.15, -0.1) is 0 Å². The zero-order chi connectivity index (χ0) is 28.7. The maximum Gasteiger partial charge on any atom is 0.183 e. The Morgan fingerprint density at radius 1 is 0.605 bits per heavy atom. The number of nitrogens with zero attached hydrogens (tertiary/aromatic N) is 2. The van der Waals surface area contributed by atoms with Crippen LogP contribution in [0.4, 0.5) is 0 Å². The van der Waals surface area contributed by atoms with Crippen LogP contribution in [0.5, 0.6) is 0 Å². The summed E-state index contributed by atoms with van der Waals surface area (Å²) in [7, 11) is -3.05. The van der Waals surface area contributed by atoms with Crippen LogP contribution in [0.1, 0.15) is 79.1 Å². The van der Waals surface area contributed by atoms with Gasteiger partial charge in [-0.05, 0) is 114 Å². The lowest BCUT2D eigenvalue weighted by molar-refractivity contribution is 0.259. The van der Waals surface area contributed by atoms with Gasteiger partial charge < -0.3 is 8.85 Å². The third kappa shape index (κ3) is 12.7. The first-order valence-corrected chi connectivity index (χ1v) is 23.9. The summed E-state index contributed by atoms with van der Waals surface area (Å²) in [4.78, 5) is 12.4. The lowest BCUT2D eigenvalue weighted by atomic mass is 9.78.